The minimum atomic E-state index is -0.222. The van der Waals surface area contributed by atoms with Crippen molar-refractivity contribution in [1.82, 2.24) is 0 Å². The molecule has 0 saturated heterocycles. The average Bonchev–Trinajstić information content (AvgIpc) is 2.32. The smallest absolute Gasteiger partial charge is 0.123 e. The van der Waals surface area contributed by atoms with E-state index in [0.717, 1.165) is 16.2 Å². The summed E-state index contributed by atoms with van der Waals surface area (Å²) in [6.07, 6.45) is 0. The summed E-state index contributed by atoms with van der Waals surface area (Å²) in [4.78, 5) is 0.941. The van der Waals surface area contributed by atoms with Crippen molar-refractivity contribution in [2.75, 3.05) is 5.73 Å². The molecule has 0 spiro atoms. The van der Waals surface area contributed by atoms with Gasteiger partial charge < -0.3 is 5.73 Å². The van der Waals surface area contributed by atoms with E-state index in [0.29, 0.717) is 10.7 Å². The number of rotatable bonds is 3. The fourth-order valence-electron chi connectivity index (χ4n) is 1.37. The maximum atomic E-state index is 12.7. The highest BCUT2D eigenvalue weighted by Crippen LogP contribution is 2.31. The first-order chi connectivity index (χ1) is 8.15. The molecule has 0 aromatic heterocycles. The first-order valence-corrected chi connectivity index (χ1v) is 6.44. The van der Waals surface area contributed by atoms with Crippen LogP contribution in [0.5, 0.6) is 0 Å². The summed E-state index contributed by atoms with van der Waals surface area (Å²) in [5.74, 6) is 0.518. The molecule has 0 saturated carbocycles. The zero-order valence-electron chi connectivity index (χ0n) is 8.99. The predicted octanol–water partition coefficient (Wildman–Crippen LogP) is 4.35. The molecule has 0 unspecified atom stereocenters. The quantitative estimate of drug-likeness (QED) is 0.661. The Morgan fingerprint density at radius 1 is 1.12 bits per heavy atom. The van der Waals surface area contributed by atoms with E-state index in [-0.39, 0.29) is 5.82 Å². The van der Waals surface area contributed by atoms with Crippen LogP contribution in [0, 0.1) is 5.82 Å². The lowest BCUT2D eigenvalue weighted by Crippen LogP contribution is -1.86. The fraction of sp³-hybridized carbons (Fsp3) is 0.0769. The normalized spacial score (nSPS) is 10.5. The van der Waals surface area contributed by atoms with E-state index in [9.17, 15) is 4.39 Å². The maximum absolute atomic E-state index is 12.7. The van der Waals surface area contributed by atoms with E-state index in [2.05, 4.69) is 0 Å². The second-order valence-corrected chi connectivity index (χ2v) is 5.03. The zero-order chi connectivity index (χ0) is 12.3. The van der Waals surface area contributed by atoms with E-state index in [1.54, 1.807) is 36.0 Å². The van der Waals surface area contributed by atoms with E-state index in [1.807, 2.05) is 6.07 Å². The first kappa shape index (κ1) is 12.3. The molecule has 0 heterocycles. The van der Waals surface area contributed by atoms with Gasteiger partial charge in [0, 0.05) is 16.3 Å². The Kier molecular flexibility index (Phi) is 3.92. The van der Waals surface area contributed by atoms with Crippen LogP contribution < -0.4 is 5.73 Å². The van der Waals surface area contributed by atoms with E-state index >= 15 is 0 Å². The molecule has 0 aliphatic rings. The van der Waals surface area contributed by atoms with Gasteiger partial charge in [0.25, 0.3) is 0 Å². The summed E-state index contributed by atoms with van der Waals surface area (Å²) in [7, 11) is 0. The van der Waals surface area contributed by atoms with Crippen LogP contribution in [0.15, 0.2) is 47.4 Å². The molecule has 1 nitrogen and oxygen atoms in total. The van der Waals surface area contributed by atoms with Crippen molar-refractivity contribution < 1.29 is 4.39 Å². The van der Waals surface area contributed by atoms with Gasteiger partial charge in [0.1, 0.15) is 5.82 Å². The van der Waals surface area contributed by atoms with Gasteiger partial charge in [0.05, 0.1) is 5.02 Å². The Hall–Kier alpha value is -1.19. The number of thioether (sulfide) groups is 1. The summed E-state index contributed by atoms with van der Waals surface area (Å²) >= 11 is 7.64. The number of benzene rings is 2. The van der Waals surface area contributed by atoms with Gasteiger partial charge in [-0.25, -0.2) is 4.39 Å². The Balaban J connectivity index is 2.07. The summed E-state index contributed by atoms with van der Waals surface area (Å²) in [5, 5.41) is 0.686. The Labute approximate surface area is 109 Å². The lowest BCUT2D eigenvalue weighted by atomic mass is 10.2. The number of hydrogen-bond acceptors (Lipinski definition) is 2. The molecule has 0 aliphatic heterocycles. The molecule has 0 aliphatic carbocycles. The largest absolute Gasteiger partial charge is 0.399 e. The molecule has 2 N–H and O–H groups in total. The Morgan fingerprint density at radius 2 is 1.82 bits per heavy atom. The van der Waals surface area contributed by atoms with Gasteiger partial charge in [0.15, 0.2) is 0 Å². The fourth-order valence-corrected chi connectivity index (χ4v) is 2.59. The van der Waals surface area contributed by atoms with Gasteiger partial charge in [-0.3, -0.25) is 0 Å². The van der Waals surface area contributed by atoms with Crippen LogP contribution in [0.1, 0.15) is 5.56 Å². The third-order valence-electron chi connectivity index (χ3n) is 2.26. The van der Waals surface area contributed by atoms with Crippen molar-refractivity contribution in [3.63, 3.8) is 0 Å². The van der Waals surface area contributed by atoms with E-state index < -0.39 is 0 Å². The average molecular weight is 268 g/mol. The highest BCUT2D eigenvalue weighted by molar-refractivity contribution is 7.98. The molecule has 4 heteroatoms. The van der Waals surface area contributed by atoms with Crippen molar-refractivity contribution in [3.05, 3.63) is 58.9 Å². The minimum absolute atomic E-state index is 0.222. The van der Waals surface area contributed by atoms with Gasteiger partial charge in [-0.1, -0.05) is 23.7 Å². The molecular formula is C13H11ClFNS. The van der Waals surface area contributed by atoms with Crippen LogP contribution >= 0.6 is 23.4 Å². The molecule has 0 fully saturated rings. The highest BCUT2D eigenvalue weighted by Gasteiger charge is 2.02. The minimum Gasteiger partial charge on any atom is -0.399 e. The van der Waals surface area contributed by atoms with Crippen molar-refractivity contribution in [3.8, 4) is 0 Å². The van der Waals surface area contributed by atoms with Crippen molar-refractivity contribution >= 4 is 29.1 Å². The molecular weight excluding hydrogens is 257 g/mol. The lowest BCUT2D eigenvalue weighted by Gasteiger charge is -2.05. The monoisotopic (exact) mass is 267 g/mol. The van der Waals surface area contributed by atoms with Gasteiger partial charge in [-0.15, -0.1) is 11.8 Å². The van der Waals surface area contributed by atoms with Crippen LogP contribution in [-0.4, -0.2) is 0 Å². The second kappa shape index (κ2) is 5.43. The molecule has 0 atom stereocenters. The lowest BCUT2D eigenvalue weighted by molar-refractivity contribution is 0.627. The SMILES string of the molecule is Nc1ccc(Cl)c(SCc2ccc(F)cc2)c1. The summed E-state index contributed by atoms with van der Waals surface area (Å²) in [6.45, 7) is 0. The Morgan fingerprint density at radius 3 is 2.53 bits per heavy atom. The number of halogens is 2. The third kappa shape index (κ3) is 3.38. The van der Waals surface area contributed by atoms with Crippen molar-refractivity contribution in [1.29, 1.82) is 0 Å². The molecule has 0 amide bonds. The molecule has 2 aromatic carbocycles. The standard InChI is InChI=1S/C13H11ClFNS/c14-12-6-5-11(16)7-13(12)17-8-9-1-3-10(15)4-2-9/h1-7H,8,16H2. The molecule has 2 rings (SSSR count). The van der Waals surface area contributed by atoms with E-state index in [1.165, 1.54) is 12.1 Å². The van der Waals surface area contributed by atoms with Gasteiger partial charge in [0.2, 0.25) is 0 Å². The number of nitrogens with two attached hydrogens (primary N) is 1. The van der Waals surface area contributed by atoms with Crippen molar-refractivity contribution in [2.24, 2.45) is 0 Å². The molecule has 2 aromatic rings. The second-order valence-electron chi connectivity index (χ2n) is 3.61. The molecule has 0 bridgehead atoms. The van der Waals surface area contributed by atoms with Crippen LogP contribution in [0.3, 0.4) is 0 Å². The molecule has 17 heavy (non-hydrogen) atoms. The number of anilines is 1. The summed E-state index contributed by atoms with van der Waals surface area (Å²) < 4.78 is 12.7. The van der Waals surface area contributed by atoms with Gasteiger partial charge >= 0.3 is 0 Å². The third-order valence-corrected chi connectivity index (χ3v) is 3.83. The van der Waals surface area contributed by atoms with Gasteiger partial charge in [-0.2, -0.15) is 0 Å². The topological polar surface area (TPSA) is 26.0 Å². The maximum Gasteiger partial charge on any atom is 0.123 e. The number of hydrogen-bond donors (Lipinski definition) is 1. The van der Waals surface area contributed by atoms with E-state index in [4.69, 9.17) is 17.3 Å². The molecule has 0 radical (unpaired) electrons. The highest BCUT2D eigenvalue weighted by atomic mass is 35.5. The summed E-state index contributed by atoms with van der Waals surface area (Å²) in [5.41, 5.74) is 7.44. The molecule has 88 valence electrons. The van der Waals surface area contributed by atoms with Crippen LogP contribution in [0.2, 0.25) is 5.02 Å². The first-order valence-electron chi connectivity index (χ1n) is 5.07. The Bertz CT molecular complexity index is 513. The number of nitrogen functional groups attached to an aromatic ring is 1. The van der Waals surface area contributed by atoms with Gasteiger partial charge in [-0.05, 0) is 35.9 Å². The zero-order valence-corrected chi connectivity index (χ0v) is 10.6. The van der Waals surface area contributed by atoms with Crippen LogP contribution in [-0.2, 0) is 5.75 Å². The van der Waals surface area contributed by atoms with Crippen LogP contribution in [0.4, 0.5) is 10.1 Å². The predicted molar refractivity (Wildman–Crippen MR) is 71.8 cm³/mol. The van der Waals surface area contributed by atoms with Crippen LogP contribution in [0.25, 0.3) is 0 Å². The summed E-state index contributed by atoms with van der Waals surface area (Å²) in [6, 6.07) is 11.8. The van der Waals surface area contributed by atoms with Crippen molar-refractivity contribution in [2.45, 2.75) is 10.6 Å².